The highest BCUT2D eigenvalue weighted by atomic mass is 35.5. The number of halogens is 2. The molecule has 1 amide bonds. The lowest BCUT2D eigenvalue weighted by atomic mass is 9.93. The number of likely N-dealkylation sites (tertiary alicyclic amines) is 2. The lowest BCUT2D eigenvalue weighted by Crippen LogP contribution is -2.52. The average molecular weight is 400 g/mol. The van der Waals surface area contributed by atoms with E-state index in [4.69, 9.17) is 0 Å². The van der Waals surface area contributed by atoms with Gasteiger partial charge in [0.2, 0.25) is 5.91 Å². The summed E-state index contributed by atoms with van der Waals surface area (Å²) in [5.41, 5.74) is 2.67. The van der Waals surface area contributed by atoms with E-state index in [9.17, 15) is 4.79 Å². The molecule has 6 heteroatoms. The van der Waals surface area contributed by atoms with Crippen molar-refractivity contribution >= 4 is 30.7 Å². The topological polar surface area (TPSA) is 35.6 Å². The zero-order valence-corrected chi connectivity index (χ0v) is 17.0. The lowest BCUT2D eigenvalue weighted by Gasteiger charge is -2.37. The summed E-state index contributed by atoms with van der Waals surface area (Å²) < 4.78 is 0. The summed E-state index contributed by atoms with van der Waals surface area (Å²) in [7, 11) is 0. The maximum atomic E-state index is 12.9. The first-order valence-electron chi connectivity index (χ1n) is 9.61. The molecule has 0 spiro atoms. The maximum Gasteiger partial charge on any atom is 0.240 e. The standard InChI is InChI=1S/C20H29N3O.2ClH/c24-20(19-13-17-5-1-2-6-18(17)14-21-19)23-11-7-16(8-12-23)15-22-9-3-4-10-22;;/h1-2,5-6,16,19,21H,3-4,7-15H2;2*1H. The minimum Gasteiger partial charge on any atom is -0.341 e. The van der Waals surface area contributed by atoms with E-state index in [0.29, 0.717) is 5.91 Å². The minimum atomic E-state index is -0.0324. The van der Waals surface area contributed by atoms with E-state index in [2.05, 4.69) is 39.4 Å². The van der Waals surface area contributed by atoms with Crippen LogP contribution >= 0.6 is 24.8 Å². The van der Waals surface area contributed by atoms with Crippen molar-refractivity contribution in [1.82, 2.24) is 15.1 Å². The summed E-state index contributed by atoms with van der Waals surface area (Å²) >= 11 is 0. The first-order chi connectivity index (χ1) is 11.8. The van der Waals surface area contributed by atoms with Crippen molar-refractivity contribution in [3.05, 3.63) is 35.4 Å². The van der Waals surface area contributed by atoms with Crippen LogP contribution in [-0.2, 0) is 17.8 Å². The molecule has 1 N–H and O–H groups in total. The highest BCUT2D eigenvalue weighted by molar-refractivity contribution is 5.85. The van der Waals surface area contributed by atoms with Crippen LogP contribution in [0.5, 0.6) is 0 Å². The fourth-order valence-electron chi connectivity index (χ4n) is 4.52. The highest BCUT2D eigenvalue weighted by Crippen LogP contribution is 2.23. The number of amides is 1. The first kappa shape index (κ1) is 21.5. The molecule has 2 fully saturated rings. The molecular weight excluding hydrogens is 369 g/mol. The molecule has 1 aromatic carbocycles. The van der Waals surface area contributed by atoms with E-state index in [-0.39, 0.29) is 30.9 Å². The Hall–Kier alpha value is -0.810. The lowest BCUT2D eigenvalue weighted by molar-refractivity contribution is -0.135. The van der Waals surface area contributed by atoms with Crippen molar-refractivity contribution in [2.75, 3.05) is 32.7 Å². The maximum absolute atomic E-state index is 12.9. The number of hydrogen-bond acceptors (Lipinski definition) is 3. The fraction of sp³-hybridized carbons (Fsp3) is 0.650. The van der Waals surface area contributed by atoms with Gasteiger partial charge >= 0.3 is 0 Å². The second-order valence-electron chi connectivity index (χ2n) is 7.68. The SMILES string of the molecule is Cl.Cl.O=C(C1Cc2ccccc2CN1)N1CCC(CN2CCCC2)CC1. The van der Waals surface area contributed by atoms with E-state index < -0.39 is 0 Å². The zero-order chi connectivity index (χ0) is 16.4. The normalized spacial score (nSPS) is 23.7. The van der Waals surface area contributed by atoms with Crippen LogP contribution in [0.3, 0.4) is 0 Å². The second-order valence-corrected chi connectivity index (χ2v) is 7.68. The molecule has 1 aromatic rings. The van der Waals surface area contributed by atoms with Crippen LogP contribution in [0.2, 0.25) is 0 Å². The predicted molar refractivity (Wildman–Crippen MR) is 110 cm³/mol. The summed E-state index contributed by atoms with van der Waals surface area (Å²) in [6.07, 6.45) is 5.91. The highest BCUT2D eigenvalue weighted by Gasteiger charge is 2.31. The van der Waals surface area contributed by atoms with Crippen molar-refractivity contribution in [3.8, 4) is 0 Å². The molecule has 0 aromatic heterocycles. The molecule has 0 aliphatic carbocycles. The smallest absolute Gasteiger partial charge is 0.240 e. The number of carbonyl (C=O) groups excluding carboxylic acids is 1. The number of rotatable bonds is 3. The van der Waals surface area contributed by atoms with Crippen molar-refractivity contribution < 1.29 is 4.79 Å². The van der Waals surface area contributed by atoms with Gasteiger partial charge in [-0.05, 0) is 62.2 Å². The molecule has 1 atom stereocenters. The van der Waals surface area contributed by atoms with Crippen molar-refractivity contribution in [2.45, 2.75) is 44.7 Å². The molecule has 26 heavy (non-hydrogen) atoms. The molecule has 0 radical (unpaired) electrons. The minimum absolute atomic E-state index is 0. The Morgan fingerprint density at radius 3 is 2.35 bits per heavy atom. The molecule has 4 nitrogen and oxygen atoms in total. The largest absolute Gasteiger partial charge is 0.341 e. The van der Waals surface area contributed by atoms with Gasteiger partial charge in [-0.2, -0.15) is 0 Å². The molecule has 3 heterocycles. The Morgan fingerprint density at radius 1 is 1.00 bits per heavy atom. The Balaban J connectivity index is 0.00000121. The van der Waals surface area contributed by atoms with Gasteiger partial charge in [0.25, 0.3) is 0 Å². The Morgan fingerprint density at radius 2 is 1.65 bits per heavy atom. The third-order valence-electron chi connectivity index (χ3n) is 6.02. The van der Waals surface area contributed by atoms with E-state index >= 15 is 0 Å². The molecule has 0 saturated carbocycles. The molecule has 2 saturated heterocycles. The monoisotopic (exact) mass is 399 g/mol. The van der Waals surface area contributed by atoms with Crippen LogP contribution in [0, 0.1) is 5.92 Å². The number of nitrogens with zero attached hydrogens (tertiary/aromatic N) is 2. The van der Waals surface area contributed by atoms with Crippen LogP contribution < -0.4 is 5.32 Å². The van der Waals surface area contributed by atoms with Crippen molar-refractivity contribution in [1.29, 1.82) is 0 Å². The summed E-state index contributed by atoms with van der Waals surface area (Å²) in [6, 6.07) is 8.45. The Kier molecular flexibility index (Phi) is 8.21. The van der Waals surface area contributed by atoms with Crippen LogP contribution in [0.25, 0.3) is 0 Å². The fourth-order valence-corrected chi connectivity index (χ4v) is 4.52. The molecule has 4 rings (SSSR count). The van der Waals surface area contributed by atoms with Gasteiger partial charge in [-0.1, -0.05) is 24.3 Å². The summed E-state index contributed by atoms with van der Waals surface area (Å²) in [4.78, 5) is 17.6. The van der Waals surface area contributed by atoms with E-state index in [1.54, 1.807) is 0 Å². The number of fused-ring (bicyclic) bond motifs is 1. The Bertz CT molecular complexity index is 584. The Labute approximate surface area is 169 Å². The number of piperidine rings is 1. The predicted octanol–water partition coefficient (Wildman–Crippen LogP) is 2.88. The molecule has 0 bridgehead atoms. The summed E-state index contributed by atoms with van der Waals surface area (Å²) in [5.74, 6) is 1.09. The second kappa shape index (κ2) is 9.93. The number of nitrogens with one attached hydrogen (secondary N) is 1. The quantitative estimate of drug-likeness (QED) is 0.848. The van der Waals surface area contributed by atoms with Gasteiger partial charge in [0, 0.05) is 26.2 Å². The summed E-state index contributed by atoms with van der Waals surface area (Å²) in [6.45, 7) is 6.51. The van der Waals surface area contributed by atoms with Gasteiger partial charge in [0.1, 0.15) is 0 Å². The third kappa shape index (κ3) is 4.92. The van der Waals surface area contributed by atoms with Gasteiger partial charge in [0.05, 0.1) is 6.04 Å². The van der Waals surface area contributed by atoms with Crippen LogP contribution in [-0.4, -0.2) is 54.5 Å². The number of carbonyl (C=O) groups is 1. The average Bonchev–Trinajstić information content (AvgIpc) is 3.14. The van der Waals surface area contributed by atoms with Gasteiger partial charge in [-0.3, -0.25) is 4.79 Å². The summed E-state index contributed by atoms with van der Waals surface area (Å²) in [5, 5.41) is 3.44. The first-order valence-corrected chi connectivity index (χ1v) is 9.61. The molecule has 3 aliphatic heterocycles. The van der Waals surface area contributed by atoms with Crippen LogP contribution in [0.4, 0.5) is 0 Å². The van der Waals surface area contributed by atoms with Gasteiger partial charge < -0.3 is 15.1 Å². The molecule has 1 unspecified atom stereocenters. The molecule has 146 valence electrons. The zero-order valence-electron chi connectivity index (χ0n) is 15.4. The van der Waals surface area contributed by atoms with E-state index in [1.807, 2.05) is 0 Å². The van der Waals surface area contributed by atoms with Crippen LogP contribution in [0.1, 0.15) is 36.8 Å². The van der Waals surface area contributed by atoms with Crippen molar-refractivity contribution in [2.24, 2.45) is 5.92 Å². The number of hydrogen-bond donors (Lipinski definition) is 1. The van der Waals surface area contributed by atoms with Gasteiger partial charge in [0.15, 0.2) is 0 Å². The van der Waals surface area contributed by atoms with Gasteiger partial charge in [-0.25, -0.2) is 0 Å². The van der Waals surface area contributed by atoms with E-state index in [0.717, 1.165) is 32.0 Å². The van der Waals surface area contributed by atoms with Crippen molar-refractivity contribution in [3.63, 3.8) is 0 Å². The van der Waals surface area contributed by atoms with Gasteiger partial charge in [-0.15, -0.1) is 24.8 Å². The molecular formula is C20H31Cl2N3O. The van der Waals surface area contributed by atoms with Crippen LogP contribution in [0.15, 0.2) is 24.3 Å². The molecule has 3 aliphatic rings. The third-order valence-corrected chi connectivity index (χ3v) is 6.02. The van der Waals surface area contributed by atoms with E-state index in [1.165, 1.54) is 56.4 Å². The number of benzene rings is 1.